The number of hydrogen-bond acceptors (Lipinski definition) is 5. The standard InChI is InChI=1S/C25H24N4O5/c1-3-12-29(14-23(30)31)24(32)21-13-22(27-28(21)2)26-25(33)34-15-20-18-10-6-4-8-16(18)17-9-5-7-11-19(17)20/h3-11,13,20H,1,12,14-15H2,2H3,(H,30,31)(H,26,27,33). The highest BCUT2D eigenvalue weighted by molar-refractivity contribution is 5.96. The molecular weight excluding hydrogens is 436 g/mol. The van der Waals surface area contributed by atoms with E-state index in [0.717, 1.165) is 27.2 Å². The summed E-state index contributed by atoms with van der Waals surface area (Å²) in [6.07, 6.45) is 0.736. The molecule has 2 aromatic carbocycles. The lowest BCUT2D eigenvalue weighted by atomic mass is 9.98. The molecule has 0 spiro atoms. The van der Waals surface area contributed by atoms with Crippen molar-refractivity contribution in [3.05, 3.63) is 84.1 Å². The molecule has 0 bridgehead atoms. The van der Waals surface area contributed by atoms with Crippen molar-refractivity contribution in [3.8, 4) is 11.1 Å². The SMILES string of the molecule is C=CCN(CC(=O)O)C(=O)c1cc(NC(=O)OCC2c3ccccc3-c3ccccc32)nn1C. The minimum absolute atomic E-state index is 0.0610. The molecule has 1 heterocycles. The fourth-order valence-corrected chi connectivity index (χ4v) is 4.17. The smallest absolute Gasteiger partial charge is 0.412 e. The number of anilines is 1. The molecule has 9 nitrogen and oxygen atoms in total. The Balaban J connectivity index is 1.43. The fraction of sp³-hybridized carbons (Fsp3) is 0.200. The first-order valence-corrected chi connectivity index (χ1v) is 10.7. The molecule has 0 saturated heterocycles. The van der Waals surface area contributed by atoms with Crippen LogP contribution in [0, 0.1) is 0 Å². The number of carbonyl (C=O) groups excluding carboxylic acids is 2. The summed E-state index contributed by atoms with van der Waals surface area (Å²) >= 11 is 0. The molecule has 1 aliphatic rings. The van der Waals surface area contributed by atoms with Crippen molar-refractivity contribution in [3.63, 3.8) is 0 Å². The first-order chi connectivity index (χ1) is 16.4. The number of aromatic nitrogens is 2. The van der Waals surface area contributed by atoms with Gasteiger partial charge in [0.25, 0.3) is 5.91 Å². The average molecular weight is 460 g/mol. The number of fused-ring (bicyclic) bond motifs is 3. The van der Waals surface area contributed by atoms with Crippen molar-refractivity contribution in [2.75, 3.05) is 25.0 Å². The van der Waals surface area contributed by atoms with E-state index in [9.17, 15) is 14.4 Å². The van der Waals surface area contributed by atoms with E-state index >= 15 is 0 Å². The van der Waals surface area contributed by atoms with Gasteiger partial charge in [0.1, 0.15) is 18.8 Å². The third kappa shape index (κ3) is 4.54. The predicted molar refractivity (Wildman–Crippen MR) is 126 cm³/mol. The van der Waals surface area contributed by atoms with Crippen LogP contribution >= 0.6 is 0 Å². The van der Waals surface area contributed by atoms with Crippen LogP contribution in [0.1, 0.15) is 27.5 Å². The first-order valence-electron chi connectivity index (χ1n) is 10.7. The Morgan fingerprint density at radius 2 is 1.76 bits per heavy atom. The Morgan fingerprint density at radius 3 is 2.35 bits per heavy atom. The van der Waals surface area contributed by atoms with Gasteiger partial charge < -0.3 is 14.7 Å². The summed E-state index contributed by atoms with van der Waals surface area (Å²) in [6.45, 7) is 3.27. The van der Waals surface area contributed by atoms with E-state index in [1.165, 1.54) is 23.9 Å². The lowest BCUT2D eigenvalue weighted by molar-refractivity contribution is -0.137. The Kier molecular flexibility index (Phi) is 6.44. The minimum Gasteiger partial charge on any atom is -0.480 e. The van der Waals surface area contributed by atoms with Crippen molar-refractivity contribution in [1.82, 2.24) is 14.7 Å². The number of carbonyl (C=O) groups is 3. The summed E-state index contributed by atoms with van der Waals surface area (Å²) in [5.41, 5.74) is 4.58. The molecule has 2 amide bonds. The lowest BCUT2D eigenvalue weighted by Gasteiger charge is -2.18. The highest BCUT2D eigenvalue weighted by atomic mass is 16.5. The van der Waals surface area contributed by atoms with Crippen LogP contribution in [0.15, 0.2) is 67.3 Å². The van der Waals surface area contributed by atoms with E-state index in [-0.39, 0.29) is 30.6 Å². The normalized spacial score (nSPS) is 11.9. The molecule has 0 aliphatic heterocycles. The van der Waals surface area contributed by atoms with Crippen molar-refractivity contribution in [2.45, 2.75) is 5.92 Å². The zero-order chi connectivity index (χ0) is 24.2. The number of ether oxygens (including phenoxy) is 1. The van der Waals surface area contributed by atoms with Gasteiger partial charge in [-0.1, -0.05) is 54.6 Å². The number of amides is 2. The molecule has 1 aromatic heterocycles. The molecule has 4 rings (SSSR count). The van der Waals surface area contributed by atoms with Gasteiger partial charge in [0.05, 0.1) is 0 Å². The number of carboxylic acid groups (broad SMARTS) is 1. The maximum Gasteiger partial charge on any atom is 0.412 e. The van der Waals surface area contributed by atoms with Crippen LogP contribution in [0.2, 0.25) is 0 Å². The summed E-state index contributed by atoms with van der Waals surface area (Å²) in [4.78, 5) is 37.4. The van der Waals surface area contributed by atoms with E-state index < -0.39 is 24.5 Å². The summed E-state index contributed by atoms with van der Waals surface area (Å²) in [7, 11) is 1.53. The fourth-order valence-electron chi connectivity index (χ4n) is 4.17. The largest absolute Gasteiger partial charge is 0.480 e. The second-order valence-corrected chi connectivity index (χ2v) is 7.86. The Morgan fingerprint density at radius 1 is 1.15 bits per heavy atom. The van der Waals surface area contributed by atoms with Crippen LogP contribution in [0.4, 0.5) is 10.6 Å². The number of nitrogens with zero attached hydrogens (tertiary/aromatic N) is 3. The zero-order valence-electron chi connectivity index (χ0n) is 18.6. The van der Waals surface area contributed by atoms with Gasteiger partial charge in [-0.05, 0) is 22.3 Å². The second-order valence-electron chi connectivity index (χ2n) is 7.86. The molecule has 0 saturated carbocycles. The number of aryl methyl sites for hydroxylation is 1. The maximum absolute atomic E-state index is 12.7. The van der Waals surface area contributed by atoms with Crippen LogP contribution in [0.25, 0.3) is 11.1 Å². The molecular formula is C25H24N4O5. The van der Waals surface area contributed by atoms with Gasteiger partial charge in [-0.2, -0.15) is 5.10 Å². The molecule has 0 atom stereocenters. The number of carboxylic acids is 1. The number of nitrogens with one attached hydrogen (secondary N) is 1. The monoisotopic (exact) mass is 460 g/mol. The van der Waals surface area contributed by atoms with Crippen LogP contribution < -0.4 is 5.32 Å². The molecule has 1 aliphatic carbocycles. The van der Waals surface area contributed by atoms with Gasteiger partial charge in [0.15, 0.2) is 5.82 Å². The lowest BCUT2D eigenvalue weighted by Crippen LogP contribution is -2.36. The molecule has 34 heavy (non-hydrogen) atoms. The van der Waals surface area contributed by atoms with Gasteiger partial charge in [-0.25, -0.2) is 4.79 Å². The average Bonchev–Trinajstić information content (AvgIpc) is 3.34. The summed E-state index contributed by atoms with van der Waals surface area (Å²) in [6, 6.07) is 17.4. The Hall–Kier alpha value is -4.40. The summed E-state index contributed by atoms with van der Waals surface area (Å²) < 4.78 is 6.78. The van der Waals surface area contributed by atoms with Gasteiger partial charge in [0.2, 0.25) is 0 Å². The van der Waals surface area contributed by atoms with Gasteiger partial charge in [-0.15, -0.1) is 6.58 Å². The minimum atomic E-state index is -1.14. The molecule has 0 fully saturated rings. The van der Waals surface area contributed by atoms with Crippen molar-refractivity contribution >= 4 is 23.8 Å². The maximum atomic E-state index is 12.7. The molecule has 3 aromatic rings. The van der Waals surface area contributed by atoms with Crippen LogP contribution in [0.3, 0.4) is 0 Å². The Labute approximate surface area is 196 Å². The number of benzene rings is 2. The molecule has 0 radical (unpaired) electrons. The van der Waals surface area contributed by atoms with Crippen molar-refractivity contribution < 1.29 is 24.2 Å². The van der Waals surface area contributed by atoms with E-state index in [0.29, 0.717) is 0 Å². The van der Waals surface area contributed by atoms with E-state index in [2.05, 4.69) is 29.1 Å². The Bertz CT molecular complexity index is 1220. The van der Waals surface area contributed by atoms with Crippen LogP contribution in [-0.4, -0.2) is 57.5 Å². The number of hydrogen-bond donors (Lipinski definition) is 2. The third-order valence-electron chi connectivity index (χ3n) is 5.64. The van der Waals surface area contributed by atoms with Gasteiger partial charge in [-0.3, -0.25) is 19.6 Å². The van der Waals surface area contributed by atoms with E-state index in [1.807, 2.05) is 36.4 Å². The summed E-state index contributed by atoms with van der Waals surface area (Å²) in [5.74, 6) is -1.65. The second kappa shape index (κ2) is 9.62. The molecule has 174 valence electrons. The highest BCUT2D eigenvalue weighted by Gasteiger charge is 2.29. The highest BCUT2D eigenvalue weighted by Crippen LogP contribution is 2.44. The quantitative estimate of drug-likeness (QED) is 0.498. The van der Waals surface area contributed by atoms with E-state index in [1.54, 1.807) is 0 Å². The van der Waals surface area contributed by atoms with Gasteiger partial charge in [0, 0.05) is 25.6 Å². The molecule has 0 unspecified atom stereocenters. The van der Waals surface area contributed by atoms with Crippen molar-refractivity contribution in [1.29, 1.82) is 0 Å². The topological polar surface area (TPSA) is 114 Å². The molecule has 2 N–H and O–H groups in total. The van der Waals surface area contributed by atoms with Crippen LogP contribution in [0.5, 0.6) is 0 Å². The summed E-state index contributed by atoms with van der Waals surface area (Å²) in [5, 5.41) is 15.7. The first kappa shape index (κ1) is 22.8. The molecule has 9 heteroatoms. The third-order valence-corrected chi connectivity index (χ3v) is 5.64. The van der Waals surface area contributed by atoms with Crippen molar-refractivity contribution in [2.24, 2.45) is 7.05 Å². The number of aliphatic carboxylic acids is 1. The predicted octanol–water partition coefficient (Wildman–Crippen LogP) is 3.49. The zero-order valence-corrected chi connectivity index (χ0v) is 18.6. The van der Waals surface area contributed by atoms with Gasteiger partial charge >= 0.3 is 12.1 Å². The van der Waals surface area contributed by atoms with Crippen LogP contribution in [-0.2, 0) is 16.6 Å². The number of rotatable bonds is 8. The van der Waals surface area contributed by atoms with E-state index in [4.69, 9.17) is 9.84 Å².